The molecule has 1 saturated carbocycles. The van der Waals surface area contributed by atoms with Crippen molar-refractivity contribution < 1.29 is 14.3 Å². The Kier molecular flexibility index (Phi) is 4.47. The van der Waals surface area contributed by atoms with Crippen LogP contribution in [0.1, 0.15) is 27.2 Å². The number of carbonyl (C=O) groups excluding carboxylic acids is 2. The standard InChI is InChI=1S/C17H20ClNO3Se/c1-17(2,3)22-16(21)19-12-9-11(15(19)20)14(13(12)18)23-10-7-5-4-6-8-10/h4-8,11-14H,9H2,1-3H3/t11-,12+,13-,14-/m1/s1. The molecule has 0 radical (unpaired) electrons. The van der Waals surface area contributed by atoms with Crippen LogP contribution in [0, 0.1) is 5.92 Å². The van der Waals surface area contributed by atoms with Gasteiger partial charge in [0.15, 0.2) is 0 Å². The van der Waals surface area contributed by atoms with E-state index in [2.05, 4.69) is 12.1 Å². The molecule has 1 aliphatic carbocycles. The molecule has 4 nitrogen and oxygen atoms in total. The molecule has 2 bridgehead atoms. The molecule has 2 amide bonds. The zero-order valence-corrected chi connectivity index (χ0v) is 15.8. The average molecular weight is 401 g/mol. The number of hydrogen-bond donors (Lipinski definition) is 0. The van der Waals surface area contributed by atoms with Gasteiger partial charge in [-0.1, -0.05) is 0 Å². The van der Waals surface area contributed by atoms with E-state index in [4.69, 9.17) is 16.3 Å². The summed E-state index contributed by atoms with van der Waals surface area (Å²) < 4.78 is 6.60. The predicted octanol–water partition coefficient (Wildman–Crippen LogP) is 2.58. The molecule has 6 heteroatoms. The quantitative estimate of drug-likeness (QED) is 0.566. The Morgan fingerprint density at radius 1 is 1.30 bits per heavy atom. The fourth-order valence-corrected chi connectivity index (χ4v) is 6.59. The molecule has 1 saturated heterocycles. The van der Waals surface area contributed by atoms with Crippen molar-refractivity contribution in [1.29, 1.82) is 0 Å². The minimum atomic E-state index is -0.617. The SMILES string of the molecule is CC(C)(C)OC(=O)N1C(=O)[C@@H]2C[C@H]1[C@@H](Cl)[C@@H]2[Se]c1ccccc1. The van der Waals surface area contributed by atoms with Crippen LogP contribution in [-0.2, 0) is 9.53 Å². The number of piperidine rings is 1. The third kappa shape index (κ3) is 3.28. The summed E-state index contributed by atoms with van der Waals surface area (Å²) in [6.07, 6.45) is 0.0946. The van der Waals surface area contributed by atoms with Gasteiger partial charge in [-0.3, -0.25) is 0 Å². The molecule has 1 aromatic rings. The first-order valence-corrected chi connectivity index (χ1v) is 9.98. The van der Waals surface area contributed by atoms with Gasteiger partial charge in [-0.15, -0.1) is 0 Å². The summed E-state index contributed by atoms with van der Waals surface area (Å²) in [5.41, 5.74) is -0.617. The number of amides is 2. The number of benzene rings is 1. The van der Waals surface area contributed by atoms with Gasteiger partial charge in [0.2, 0.25) is 0 Å². The Labute approximate surface area is 147 Å². The van der Waals surface area contributed by atoms with Gasteiger partial charge in [0.1, 0.15) is 0 Å². The van der Waals surface area contributed by atoms with Crippen molar-refractivity contribution in [1.82, 2.24) is 4.90 Å². The van der Waals surface area contributed by atoms with Crippen molar-refractivity contribution >= 4 is 43.0 Å². The van der Waals surface area contributed by atoms with Crippen molar-refractivity contribution in [2.45, 2.75) is 49.0 Å². The number of fused-ring (bicyclic) bond motifs is 2. The second kappa shape index (κ2) is 6.12. The van der Waals surface area contributed by atoms with E-state index < -0.39 is 11.7 Å². The van der Waals surface area contributed by atoms with Gasteiger partial charge in [-0.05, 0) is 0 Å². The number of ether oxygens (including phenoxy) is 1. The van der Waals surface area contributed by atoms with E-state index in [1.807, 2.05) is 18.2 Å². The van der Waals surface area contributed by atoms with Crippen LogP contribution in [0.25, 0.3) is 0 Å². The van der Waals surface area contributed by atoms with Gasteiger partial charge in [-0.2, -0.15) is 0 Å². The van der Waals surface area contributed by atoms with Gasteiger partial charge in [0.05, 0.1) is 0 Å². The Bertz CT molecular complexity index is 616. The summed E-state index contributed by atoms with van der Waals surface area (Å²) in [6.45, 7) is 5.38. The van der Waals surface area contributed by atoms with E-state index in [1.165, 1.54) is 9.36 Å². The number of rotatable bonds is 2. The molecule has 3 rings (SSSR count). The summed E-state index contributed by atoms with van der Waals surface area (Å²) in [7, 11) is 0. The van der Waals surface area contributed by atoms with E-state index in [1.54, 1.807) is 20.8 Å². The van der Waals surface area contributed by atoms with Crippen molar-refractivity contribution in [3.05, 3.63) is 30.3 Å². The molecule has 0 unspecified atom stereocenters. The fraction of sp³-hybridized carbons (Fsp3) is 0.529. The zero-order chi connectivity index (χ0) is 16.8. The van der Waals surface area contributed by atoms with Crippen LogP contribution in [0.4, 0.5) is 4.79 Å². The first-order chi connectivity index (χ1) is 10.8. The monoisotopic (exact) mass is 401 g/mol. The number of carbonyl (C=O) groups is 2. The molecule has 0 N–H and O–H groups in total. The number of imide groups is 1. The van der Waals surface area contributed by atoms with Crippen LogP contribution in [0.5, 0.6) is 0 Å². The fourth-order valence-electron chi connectivity index (χ4n) is 3.14. The molecule has 1 aliphatic heterocycles. The number of alkyl halides is 1. The van der Waals surface area contributed by atoms with E-state index in [9.17, 15) is 9.59 Å². The summed E-state index contributed by atoms with van der Waals surface area (Å²) in [4.78, 5) is 26.3. The first kappa shape index (κ1) is 16.8. The molecular formula is C17H20ClNO3Se. The normalized spacial score (nSPS) is 29.9. The van der Waals surface area contributed by atoms with Crippen molar-refractivity contribution in [3.8, 4) is 0 Å². The van der Waals surface area contributed by atoms with Gasteiger partial charge >= 0.3 is 148 Å². The average Bonchev–Trinajstić information content (AvgIpc) is 2.95. The number of nitrogens with zero attached hydrogens (tertiary/aromatic N) is 1. The molecule has 1 heterocycles. The van der Waals surface area contributed by atoms with E-state index in [0.717, 1.165) is 0 Å². The third-order valence-corrected chi connectivity index (χ3v) is 7.98. The van der Waals surface area contributed by atoms with Crippen LogP contribution in [0.15, 0.2) is 30.3 Å². The second-order valence-electron chi connectivity index (χ2n) is 6.94. The topological polar surface area (TPSA) is 46.6 Å². The molecule has 124 valence electrons. The minimum absolute atomic E-state index is 0.121. The molecule has 2 aliphatic rings. The summed E-state index contributed by atoms with van der Waals surface area (Å²) in [5, 5.41) is -0.189. The van der Waals surface area contributed by atoms with Crippen LogP contribution >= 0.6 is 11.6 Å². The molecule has 0 spiro atoms. The third-order valence-electron chi connectivity index (χ3n) is 4.07. The van der Waals surface area contributed by atoms with Crippen molar-refractivity contribution in [2.24, 2.45) is 5.92 Å². The summed E-state index contributed by atoms with van der Waals surface area (Å²) in [5.74, 6) is -0.279. The Balaban J connectivity index is 1.74. The molecule has 2 fully saturated rings. The summed E-state index contributed by atoms with van der Waals surface area (Å²) in [6, 6.07) is 9.90. The van der Waals surface area contributed by atoms with Crippen LogP contribution < -0.4 is 4.46 Å². The van der Waals surface area contributed by atoms with Crippen LogP contribution in [-0.4, -0.2) is 48.9 Å². The Hall–Kier alpha value is -1.03. The maximum atomic E-state index is 12.6. The zero-order valence-electron chi connectivity index (χ0n) is 13.4. The van der Waals surface area contributed by atoms with Gasteiger partial charge in [0, 0.05) is 0 Å². The van der Waals surface area contributed by atoms with Crippen molar-refractivity contribution in [2.75, 3.05) is 0 Å². The number of likely N-dealkylation sites (tertiary alicyclic amines) is 1. The van der Waals surface area contributed by atoms with Crippen molar-refractivity contribution in [3.63, 3.8) is 0 Å². The summed E-state index contributed by atoms with van der Waals surface area (Å²) >= 11 is 6.74. The van der Waals surface area contributed by atoms with Gasteiger partial charge < -0.3 is 0 Å². The molecular weight excluding hydrogens is 381 g/mol. The molecule has 1 aromatic carbocycles. The predicted molar refractivity (Wildman–Crippen MR) is 90.2 cm³/mol. The first-order valence-electron chi connectivity index (χ1n) is 7.70. The number of hydrogen-bond acceptors (Lipinski definition) is 3. The Morgan fingerprint density at radius 2 is 1.96 bits per heavy atom. The number of halogens is 1. The van der Waals surface area contributed by atoms with Gasteiger partial charge in [0.25, 0.3) is 0 Å². The molecule has 0 aromatic heterocycles. The van der Waals surface area contributed by atoms with Gasteiger partial charge in [-0.25, -0.2) is 0 Å². The molecule has 4 atom stereocenters. The van der Waals surface area contributed by atoms with Crippen LogP contribution in [0.3, 0.4) is 0 Å². The maximum absolute atomic E-state index is 12.6. The van der Waals surface area contributed by atoms with Crippen LogP contribution in [0.2, 0.25) is 4.82 Å². The molecule has 23 heavy (non-hydrogen) atoms. The van der Waals surface area contributed by atoms with E-state index >= 15 is 0 Å². The van der Waals surface area contributed by atoms with E-state index in [-0.39, 0.29) is 43.0 Å². The second-order valence-corrected chi connectivity index (χ2v) is 10.1. The van der Waals surface area contributed by atoms with E-state index in [0.29, 0.717) is 6.42 Å². The Morgan fingerprint density at radius 3 is 2.57 bits per heavy atom.